The Morgan fingerprint density at radius 1 is 1.43 bits per heavy atom. The molecule has 1 heterocycles. The number of halogens is 1. The summed E-state index contributed by atoms with van der Waals surface area (Å²) < 4.78 is 6.12. The fourth-order valence-electron chi connectivity index (χ4n) is 2.94. The van der Waals surface area contributed by atoms with Crippen LogP contribution < -0.4 is 0 Å². The topological polar surface area (TPSA) is 49.8 Å². The van der Waals surface area contributed by atoms with Gasteiger partial charge in [-0.3, -0.25) is 0 Å². The SMILES string of the molecule is CCCCN1CCCC(OC2=C(Cl)C=C(C(=O)O)C=CC2)CC1. The average molecular weight is 340 g/mol. The fourth-order valence-corrected chi connectivity index (χ4v) is 3.18. The molecule has 128 valence electrons. The summed E-state index contributed by atoms with van der Waals surface area (Å²) in [6.45, 7) is 5.58. The van der Waals surface area contributed by atoms with E-state index in [1.54, 1.807) is 12.2 Å². The number of ether oxygens (including phenoxy) is 1. The Morgan fingerprint density at radius 3 is 3.00 bits per heavy atom. The highest BCUT2D eigenvalue weighted by atomic mass is 35.5. The van der Waals surface area contributed by atoms with E-state index in [-0.39, 0.29) is 11.7 Å². The molecule has 23 heavy (non-hydrogen) atoms. The molecular weight excluding hydrogens is 314 g/mol. The minimum Gasteiger partial charge on any atom is -0.493 e. The quantitative estimate of drug-likeness (QED) is 0.792. The van der Waals surface area contributed by atoms with Crippen LogP contribution in [0.15, 0.2) is 34.6 Å². The van der Waals surface area contributed by atoms with Gasteiger partial charge in [-0.2, -0.15) is 0 Å². The van der Waals surface area contributed by atoms with Crippen molar-refractivity contribution in [1.29, 1.82) is 0 Å². The zero-order valence-electron chi connectivity index (χ0n) is 13.8. The van der Waals surface area contributed by atoms with Crippen LogP contribution in [0, 0.1) is 0 Å². The second kappa shape index (κ2) is 9.14. The Balaban J connectivity index is 1.95. The third-order valence-corrected chi connectivity index (χ3v) is 4.62. The number of carbonyl (C=O) groups is 1. The highest BCUT2D eigenvalue weighted by Gasteiger charge is 2.20. The first-order valence-electron chi connectivity index (χ1n) is 8.49. The van der Waals surface area contributed by atoms with Crippen molar-refractivity contribution in [2.75, 3.05) is 19.6 Å². The number of rotatable bonds is 6. The molecule has 1 N–H and O–H groups in total. The van der Waals surface area contributed by atoms with E-state index in [9.17, 15) is 4.79 Å². The Hall–Kier alpha value is -1.26. The number of hydrogen-bond donors (Lipinski definition) is 1. The van der Waals surface area contributed by atoms with Gasteiger partial charge in [0.1, 0.15) is 5.76 Å². The summed E-state index contributed by atoms with van der Waals surface area (Å²) in [7, 11) is 0. The average Bonchev–Trinajstić information content (AvgIpc) is 2.85. The summed E-state index contributed by atoms with van der Waals surface area (Å²) in [6.07, 6.45) is 11.2. The standard InChI is InChI=1S/C18H26ClNO3/c1-2-3-10-20-11-5-7-15(9-12-20)23-17-8-4-6-14(18(21)22)13-16(17)19/h4,6,13,15H,2-3,5,7-12H2,1H3,(H,21,22). The normalized spacial score (nSPS) is 23.2. The van der Waals surface area contributed by atoms with Crippen LogP contribution in [0.3, 0.4) is 0 Å². The van der Waals surface area contributed by atoms with Gasteiger partial charge in [0.25, 0.3) is 0 Å². The van der Waals surface area contributed by atoms with Gasteiger partial charge in [0, 0.05) is 13.0 Å². The van der Waals surface area contributed by atoms with Gasteiger partial charge in [0.15, 0.2) is 0 Å². The van der Waals surface area contributed by atoms with E-state index in [0.717, 1.165) is 32.4 Å². The first kappa shape index (κ1) is 18.1. The molecule has 0 saturated carbocycles. The first-order valence-corrected chi connectivity index (χ1v) is 8.87. The van der Waals surface area contributed by atoms with Crippen molar-refractivity contribution in [2.45, 2.75) is 51.6 Å². The number of carboxylic acid groups (broad SMARTS) is 1. The van der Waals surface area contributed by atoms with Crippen LogP contribution in [0.4, 0.5) is 0 Å². The number of unbranched alkanes of at least 4 members (excludes halogenated alkanes) is 1. The molecule has 0 aromatic carbocycles. The lowest BCUT2D eigenvalue weighted by molar-refractivity contribution is -0.132. The molecule has 1 aliphatic carbocycles. The molecule has 2 rings (SSSR count). The Labute approximate surface area is 143 Å². The van der Waals surface area contributed by atoms with Crippen molar-refractivity contribution in [3.63, 3.8) is 0 Å². The van der Waals surface area contributed by atoms with Crippen LogP contribution in [0.25, 0.3) is 0 Å². The molecule has 2 aliphatic rings. The molecule has 1 aliphatic heterocycles. The number of nitrogens with zero attached hydrogens (tertiary/aromatic N) is 1. The summed E-state index contributed by atoms with van der Waals surface area (Å²) in [6, 6.07) is 0. The number of likely N-dealkylation sites (tertiary alicyclic amines) is 1. The van der Waals surface area contributed by atoms with Crippen LogP contribution in [-0.2, 0) is 9.53 Å². The predicted octanol–water partition coefficient (Wildman–Crippen LogP) is 4.08. The van der Waals surface area contributed by atoms with Crippen LogP contribution in [0.2, 0.25) is 0 Å². The van der Waals surface area contributed by atoms with E-state index in [0.29, 0.717) is 17.2 Å². The first-order chi connectivity index (χ1) is 11.1. The largest absolute Gasteiger partial charge is 0.493 e. The number of carboxylic acids is 1. The van der Waals surface area contributed by atoms with Crippen molar-refractivity contribution in [3.8, 4) is 0 Å². The molecule has 5 heteroatoms. The maximum atomic E-state index is 11.1. The second-order valence-electron chi connectivity index (χ2n) is 6.15. The highest BCUT2D eigenvalue weighted by Crippen LogP contribution is 2.26. The third-order valence-electron chi connectivity index (χ3n) is 4.30. The van der Waals surface area contributed by atoms with E-state index in [1.165, 1.54) is 25.5 Å². The molecule has 0 spiro atoms. The van der Waals surface area contributed by atoms with Gasteiger partial charge in [-0.05, 0) is 44.8 Å². The lowest BCUT2D eigenvalue weighted by Gasteiger charge is -2.21. The molecule has 4 nitrogen and oxygen atoms in total. The summed E-state index contributed by atoms with van der Waals surface area (Å²) >= 11 is 6.25. The zero-order chi connectivity index (χ0) is 16.7. The highest BCUT2D eigenvalue weighted by molar-refractivity contribution is 6.31. The van der Waals surface area contributed by atoms with Gasteiger partial charge in [0.05, 0.1) is 16.7 Å². The van der Waals surface area contributed by atoms with Gasteiger partial charge in [-0.1, -0.05) is 37.1 Å². The van der Waals surface area contributed by atoms with E-state index >= 15 is 0 Å². The van der Waals surface area contributed by atoms with Gasteiger partial charge in [-0.15, -0.1) is 0 Å². The minimum absolute atomic E-state index is 0.165. The number of allylic oxidation sites excluding steroid dienone is 3. The van der Waals surface area contributed by atoms with E-state index < -0.39 is 5.97 Å². The maximum Gasteiger partial charge on any atom is 0.335 e. The second-order valence-corrected chi connectivity index (χ2v) is 6.56. The van der Waals surface area contributed by atoms with E-state index in [4.69, 9.17) is 21.4 Å². The molecular formula is C18H26ClNO3. The minimum atomic E-state index is -0.971. The molecule has 1 saturated heterocycles. The van der Waals surface area contributed by atoms with Gasteiger partial charge in [0.2, 0.25) is 0 Å². The van der Waals surface area contributed by atoms with E-state index in [1.807, 2.05) is 0 Å². The summed E-state index contributed by atoms with van der Waals surface area (Å²) in [4.78, 5) is 13.6. The predicted molar refractivity (Wildman–Crippen MR) is 92.4 cm³/mol. The fraction of sp³-hybridized carbons (Fsp3) is 0.611. The molecule has 1 atom stereocenters. The summed E-state index contributed by atoms with van der Waals surface area (Å²) in [5, 5.41) is 9.48. The molecule has 0 aromatic heterocycles. The van der Waals surface area contributed by atoms with Crippen molar-refractivity contribution >= 4 is 17.6 Å². The summed E-state index contributed by atoms with van der Waals surface area (Å²) in [5.74, 6) is -0.284. The third kappa shape index (κ3) is 5.70. The number of hydrogen-bond acceptors (Lipinski definition) is 3. The maximum absolute atomic E-state index is 11.1. The molecule has 1 fully saturated rings. The Bertz CT molecular complexity index is 510. The van der Waals surface area contributed by atoms with Crippen molar-refractivity contribution in [1.82, 2.24) is 4.90 Å². The van der Waals surface area contributed by atoms with E-state index in [2.05, 4.69) is 11.8 Å². The van der Waals surface area contributed by atoms with Gasteiger partial charge in [-0.25, -0.2) is 4.79 Å². The number of aliphatic carboxylic acids is 1. The molecule has 0 radical (unpaired) electrons. The Kier molecular flexibility index (Phi) is 7.18. The van der Waals surface area contributed by atoms with Gasteiger partial charge < -0.3 is 14.7 Å². The zero-order valence-corrected chi connectivity index (χ0v) is 14.5. The Morgan fingerprint density at radius 2 is 2.26 bits per heavy atom. The smallest absolute Gasteiger partial charge is 0.335 e. The van der Waals surface area contributed by atoms with Crippen LogP contribution >= 0.6 is 11.6 Å². The van der Waals surface area contributed by atoms with Crippen LogP contribution in [0.1, 0.15) is 45.4 Å². The van der Waals surface area contributed by atoms with Crippen molar-refractivity contribution < 1.29 is 14.6 Å². The summed E-state index contributed by atoms with van der Waals surface area (Å²) in [5.41, 5.74) is 0.195. The molecule has 0 bridgehead atoms. The van der Waals surface area contributed by atoms with Crippen molar-refractivity contribution in [2.24, 2.45) is 0 Å². The van der Waals surface area contributed by atoms with Crippen LogP contribution in [0.5, 0.6) is 0 Å². The molecule has 0 aromatic rings. The molecule has 0 amide bonds. The monoisotopic (exact) mass is 339 g/mol. The van der Waals surface area contributed by atoms with Gasteiger partial charge >= 0.3 is 5.97 Å². The lowest BCUT2D eigenvalue weighted by Crippen LogP contribution is -2.26. The molecule has 1 unspecified atom stereocenters. The lowest BCUT2D eigenvalue weighted by atomic mass is 10.1. The van der Waals surface area contributed by atoms with Crippen molar-refractivity contribution in [3.05, 3.63) is 34.6 Å². The van der Waals surface area contributed by atoms with Crippen LogP contribution in [-0.4, -0.2) is 41.7 Å².